The Kier molecular flexibility index (Phi) is 4.52. The maximum atomic E-state index is 14.0. The molecule has 1 aromatic carbocycles. The van der Waals surface area contributed by atoms with E-state index in [1.807, 2.05) is 0 Å². The third-order valence-electron chi connectivity index (χ3n) is 3.77. The third kappa shape index (κ3) is 3.18. The van der Waals surface area contributed by atoms with Gasteiger partial charge in [0, 0.05) is 19.2 Å². The molecular formula is C14H17FN2O4. The minimum Gasteiger partial charge on any atom is -0.379 e. The van der Waals surface area contributed by atoms with Gasteiger partial charge in [0.1, 0.15) is 5.82 Å². The molecule has 0 aliphatic heterocycles. The van der Waals surface area contributed by atoms with Crippen molar-refractivity contribution in [2.24, 2.45) is 0 Å². The third-order valence-corrected chi connectivity index (χ3v) is 3.77. The van der Waals surface area contributed by atoms with Crippen LogP contribution in [0.15, 0.2) is 12.1 Å². The molecule has 2 atom stereocenters. The molecule has 1 saturated carbocycles. The van der Waals surface area contributed by atoms with Crippen LogP contribution in [0, 0.1) is 22.9 Å². The minimum absolute atomic E-state index is 0.0732. The quantitative estimate of drug-likeness (QED) is 0.683. The first-order chi connectivity index (χ1) is 9.93. The monoisotopic (exact) mass is 296 g/mol. The Morgan fingerprint density at radius 3 is 2.81 bits per heavy atom. The van der Waals surface area contributed by atoms with Crippen molar-refractivity contribution in [1.29, 1.82) is 0 Å². The zero-order chi connectivity index (χ0) is 15.6. The van der Waals surface area contributed by atoms with Crippen molar-refractivity contribution in [3.05, 3.63) is 39.2 Å². The number of nitrogens with zero attached hydrogens (tertiary/aromatic N) is 1. The van der Waals surface area contributed by atoms with Gasteiger partial charge in [-0.1, -0.05) is 0 Å². The molecule has 2 unspecified atom stereocenters. The highest BCUT2D eigenvalue weighted by Crippen LogP contribution is 2.24. The van der Waals surface area contributed by atoms with E-state index in [1.165, 1.54) is 6.92 Å². The summed E-state index contributed by atoms with van der Waals surface area (Å²) in [5, 5.41) is 13.5. The predicted octanol–water partition coefficient (Wildman–Crippen LogP) is 2.34. The molecule has 0 spiro atoms. The van der Waals surface area contributed by atoms with Crippen LogP contribution in [0.5, 0.6) is 0 Å². The molecule has 0 aromatic heterocycles. The van der Waals surface area contributed by atoms with E-state index >= 15 is 0 Å². The van der Waals surface area contributed by atoms with E-state index in [0.29, 0.717) is 0 Å². The van der Waals surface area contributed by atoms with Gasteiger partial charge in [0.25, 0.3) is 11.6 Å². The van der Waals surface area contributed by atoms with Gasteiger partial charge in [-0.15, -0.1) is 0 Å². The number of hydrogen-bond acceptors (Lipinski definition) is 4. The Labute approximate surface area is 121 Å². The van der Waals surface area contributed by atoms with Crippen LogP contribution in [-0.2, 0) is 4.74 Å². The number of rotatable bonds is 4. The van der Waals surface area contributed by atoms with E-state index in [0.717, 1.165) is 31.4 Å². The SMILES string of the molecule is COC1CCCC1NC(=O)c1cc([N+](=O)[O-])cc(C)c1F. The second kappa shape index (κ2) is 6.17. The first kappa shape index (κ1) is 15.4. The molecule has 1 N–H and O–H groups in total. The summed E-state index contributed by atoms with van der Waals surface area (Å²) in [6, 6.07) is 1.88. The number of benzene rings is 1. The molecule has 2 rings (SSSR count). The van der Waals surface area contributed by atoms with E-state index in [-0.39, 0.29) is 29.0 Å². The van der Waals surface area contributed by atoms with Gasteiger partial charge >= 0.3 is 0 Å². The lowest BCUT2D eigenvalue weighted by atomic mass is 10.1. The zero-order valence-electron chi connectivity index (χ0n) is 11.9. The van der Waals surface area contributed by atoms with Gasteiger partial charge in [-0.3, -0.25) is 14.9 Å². The van der Waals surface area contributed by atoms with Gasteiger partial charge in [-0.2, -0.15) is 0 Å². The van der Waals surface area contributed by atoms with E-state index in [2.05, 4.69) is 5.32 Å². The van der Waals surface area contributed by atoms with Crippen molar-refractivity contribution in [3.8, 4) is 0 Å². The molecule has 0 radical (unpaired) electrons. The number of methoxy groups -OCH3 is 1. The van der Waals surface area contributed by atoms with Gasteiger partial charge in [0.2, 0.25) is 0 Å². The number of carbonyl (C=O) groups excluding carboxylic acids is 1. The lowest BCUT2D eigenvalue weighted by Gasteiger charge is -2.19. The van der Waals surface area contributed by atoms with Crippen LogP contribution in [0.2, 0.25) is 0 Å². The number of nitro benzene ring substituents is 1. The van der Waals surface area contributed by atoms with E-state index < -0.39 is 16.6 Å². The second-order valence-electron chi connectivity index (χ2n) is 5.17. The summed E-state index contributed by atoms with van der Waals surface area (Å²) in [5.74, 6) is -1.38. The lowest BCUT2D eigenvalue weighted by molar-refractivity contribution is -0.385. The fourth-order valence-electron chi connectivity index (χ4n) is 2.64. The number of ether oxygens (including phenoxy) is 1. The highest BCUT2D eigenvalue weighted by molar-refractivity contribution is 5.95. The molecule has 0 bridgehead atoms. The second-order valence-corrected chi connectivity index (χ2v) is 5.17. The largest absolute Gasteiger partial charge is 0.379 e. The summed E-state index contributed by atoms with van der Waals surface area (Å²) >= 11 is 0. The maximum absolute atomic E-state index is 14.0. The summed E-state index contributed by atoms with van der Waals surface area (Å²) < 4.78 is 19.3. The number of aryl methyl sites for hydroxylation is 1. The van der Waals surface area contributed by atoms with Crippen molar-refractivity contribution in [1.82, 2.24) is 5.32 Å². The smallest absolute Gasteiger partial charge is 0.270 e. The summed E-state index contributed by atoms with van der Waals surface area (Å²) in [6.45, 7) is 1.40. The highest BCUT2D eigenvalue weighted by Gasteiger charge is 2.30. The number of hydrogen-bond donors (Lipinski definition) is 1. The molecule has 0 saturated heterocycles. The summed E-state index contributed by atoms with van der Waals surface area (Å²) in [5.41, 5.74) is -0.527. The summed E-state index contributed by atoms with van der Waals surface area (Å²) in [6.07, 6.45) is 2.40. The lowest BCUT2D eigenvalue weighted by Crippen LogP contribution is -2.41. The molecule has 1 aliphatic rings. The fourth-order valence-corrected chi connectivity index (χ4v) is 2.64. The molecule has 21 heavy (non-hydrogen) atoms. The summed E-state index contributed by atoms with van der Waals surface area (Å²) in [4.78, 5) is 22.4. The fraction of sp³-hybridized carbons (Fsp3) is 0.500. The average molecular weight is 296 g/mol. The maximum Gasteiger partial charge on any atom is 0.270 e. The van der Waals surface area contributed by atoms with Gasteiger partial charge in [0.15, 0.2) is 0 Å². The van der Waals surface area contributed by atoms with E-state index in [1.54, 1.807) is 7.11 Å². The van der Waals surface area contributed by atoms with Crippen LogP contribution >= 0.6 is 0 Å². The van der Waals surface area contributed by atoms with Gasteiger partial charge < -0.3 is 10.1 Å². The zero-order valence-corrected chi connectivity index (χ0v) is 11.9. The van der Waals surface area contributed by atoms with E-state index in [9.17, 15) is 19.3 Å². The molecule has 1 aliphatic carbocycles. The van der Waals surface area contributed by atoms with E-state index in [4.69, 9.17) is 4.74 Å². The Hall–Kier alpha value is -2.02. The first-order valence-electron chi connectivity index (χ1n) is 6.72. The molecule has 1 amide bonds. The normalized spacial score (nSPS) is 21.3. The molecule has 1 fully saturated rings. The van der Waals surface area contributed by atoms with Crippen molar-refractivity contribution < 1.29 is 18.8 Å². The van der Waals surface area contributed by atoms with Crippen LogP contribution in [0.1, 0.15) is 35.2 Å². The van der Waals surface area contributed by atoms with Crippen LogP contribution in [-0.4, -0.2) is 30.1 Å². The molecule has 7 heteroatoms. The number of halogens is 1. The predicted molar refractivity (Wildman–Crippen MR) is 73.7 cm³/mol. The van der Waals surface area contributed by atoms with Gasteiger partial charge in [-0.05, 0) is 31.7 Å². The Balaban J connectivity index is 2.24. The molecular weight excluding hydrogens is 279 g/mol. The number of nitrogens with one attached hydrogen (secondary N) is 1. The van der Waals surface area contributed by atoms with Gasteiger partial charge in [-0.25, -0.2) is 4.39 Å². The number of amides is 1. The molecule has 1 aromatic rings. The molecule has 6 nitrogen and oxygen atoms in total. The first-order valence-corrected chi connectivity index (χ1v) is 6.72. The van der Waals surface area contributed by atoms with Crippen LogP contribution in [0.3, 0.4) is 0 Å². The summed E-state index contributed by atoms with van der Waals surface area (Å²) in [7, 11) is 1.56. The minimum atomic E-state index is -0.731. The van der Waals surface area contributed by atoms with Crippen molar-refractivity contribution in [2.75, 3.05) is 7.11 Å². The van der Waals surface area contributed by atoms with Crippen LogP contribution in [0.4, 0.5) is 10.1 Å². The van der Waals surface area contributed by atoms with Gasteiger partial charge in [0.05, 0.1) is 22.6 Å². The van der Waals surface area contributed by atoms with Crippen molar-refractivity contribution >= 4 is 11.6 Å². The molecule has 114 valence electrons. The average Bonchev–Trinajstić information content (AvgIpc) is 2.88. The van der Waals surface area contributed by atoms with Crippen LogP contribution < -0.4 is 5.32 Å². The number of non-ortho nitro benzene ring substituents is 1. The number of carbonyl (C=O) groups is 1. The van der Waals surface area contributed by atoms with Crippen molar-refractivity contribution in [2.45, 2.75) is 38.3 Å². The number of nitro groups is 1. The Bertz CT molecular complexity index is 576. The van der Waals surface area contributed by atoms with Crippen LogP contribution in [0.25, 0.3) is 0 Å². The standard InChI is InChI=1S/C14H17FN2O4/c1-8-6-9(17(19)20)7-10(13(8)15)14(18)16-11-4-3-5-12(11)21-2/h6-7,11-12H,3-5H2,1-2H3,(H,16,18). The Morgan fingerprint density at radius 1 is 1.48 bits per heavy atom. The topological polar surface area (TPSA) is 81.5 Å². The Morgan fingerprint density at radius 2 is 2.19 bits per heavy atom. The van der Waals surface area contributed by atoms with Crippen molar-refractivity contribution in [3.63, 3.8) is 0 Å². The highest BCUT2D eigenvalue weighted by atomic mass is 19.1. The molecule has 0 heterocycles.